The number of benzene rings is 1. The Kier molecular flexibility index (Phi) is 3.53. The molecule has 3 atom stereocenters. The highest BCUT2D eigenvalue weighted by molar-refractivity contribution is 6.33. The van der Waals surface area contributed by atoms with Crippen LogP contribution in [0.3, 0.4) is 0 Å². The minimum Gasteiger partial charge on any atom is -0.337 e. The van der Waals surface area contributed by atoms with E-state index in [1.54, 1.807) is 11.0 Å². The molecule has 4 heteroatoms. The molecule has 1 N–H and O–H groups in total. The van der Waals surface area contributed by atoms with Crippen LogP contribution in [0.1, 0.15) is 30.6 Å². The number of carbonyl (C=O) groups is 1. The standard InChI is InChI=1S/C17H23ClN2O/c1-16-8-17(2,10-19(3)9-16)12-20(11-16)15(21)13-6-4-5-7-14(13)18/h4-7H,8-12H2,1-3H3/p+1/t16-,17+. The Morgan fingerprint density at radius 2 is 1.76 bits per heavy atom. The predicted molar refractivity (Wildman–Crippen MR) is 84.8 cm³/mol. The number of hydrogen-bond acceptors (Lipinski definition) is 1. The average molecular weight is 308 g/mol. The topological polar surface area (TPSA) is 24.8 Å². The maximum atomic E-state index is 12.9. The summed E-state index contributed by atoms with van der Waals surface area (Å²) in [6.07, 6.45) is 1.21. The second kappa shape index (κ2) is 4.99. The van der Waals surface area contributed by atoms with Gasteiger partial charge in [0.15, 0.2) is 0 Å². The number of fused-ring (bicyclic) bond motifs is 2. The SMILES string of the molecule is C[NH+]1C[C@]2(C)CN(C(=O)c3ccccc3Cl)C[C@](C)(C1)C2. The van der Waals surface area contributed by atoms with Crippen molar-refractivity contribution in [2.24, 2.45) is 10.8 Å². The average Bonchev–Trinajstić information content (AvgIpc) is 2.34. The summed E-state index contributed by atoms with van der Waals surface area (Å²) in [6, 6.07) is 7.37. The summed E-state index contributed by atoms with van der Waals surface area (Å²) in [7, 11) is 2.27. The minimum absolute atomic E-state index is 0.0808. The Morgan fingerprint density at radius 3 is 2.33 bits per heavy atom. The number of piperidine rings is 2. The van der Waals surface area contributed by atoms with Gasteiger partial charge in [-0.05, 0) is 18.6 Å². The largest absolute Gasteiger partial charge is 0.337 e. The number of amides is 1. The van der Waals surface area contributed by atoms with E-state index < -0.39 is 0 Å². The molecule has 0 saturated carbocycles. The normalized spacial score (nSPS) is 35.6. The van der Waals surface area contributed by atoms with Crippen molar-refractivity contribution in [3.63, 3.8) is 0 Å². The number of nitrogens with zero attached hydrogens (tertiary/aromatic N) is 1. The molecule has 1 aromatic carbocycles. The maximum absolute atomic E-state index is 12.9. The van der Waals surface area contributed by atoms with Crippen LogP contribution in [0.4, 0.5) is 0 Å². The highest BCUT2D eigenvalue weighted by Crippen LogP contribution is 2.41. The van der Waals surface area contributed by atoms with E-state index in [1.165, 1.54) is 6.42 Å². The first-order valence-corrected chi connectivity index (χ1v) is 8.03. The molecule has 2 aliphatic heterocycles. The van der Waals surface area contributed by atoms with Crippen molar-refractivity contribution in [1.29, 1.82) is 0 Å². The molecule has 2 saturated heterocycles. The minimum atomic E-state index is 0.0808. The molecule has 21 heavy (non-hydrogen) atoms. The first-order chi connectivity index (χ1) is 9.80. The van der Waals surface area contributed by atoms with Gasteiger partial charge in [0, 0.05) is 23.9 Å². The van der Waals surface area contributed by atoms with E-state index in [0.29, 0.717) is 10.6 Å². The van der Waals surface area contributed by atoms with E-state index in [2.05, 4.69) is 20.9 Å². The van der Waals surface area contributed by atoms with Gasteiger partial charge in [0.25, 0.3) is 5.91 Å². The Labute approximate surface area is 131 Å². The summed E-state index contributed by atoms with van der Waals surface area (Å²) in [6.45, 7) is 8.58. The number of halogens is 1. The molecule has 2 aliphatic rings. The van der Waals surface area contributed by atoms with Crippen LogP contribution in [-0.2, 0) is 0 Å². The van der Waals surface area contributed by atoms with Crippen LogP contribution in [0.5, 0.6) is 0 Å². The van der Waals surface area contributed by atoms with E-state index in [1.807, 2.05) is 23.1 Å². The third-order valence-electron chi connectivity index (χ3n) is 4.85. The highest BCUT2D eigenvalue weighted by Gasteiger charge is 2.51. The first kappa shape index (κ1) is 14.9. The molecule has 1 amide bonds. The highest BCUT2D eigenvalue weighted by atomic mass is 35.5. The molecule has 114 valence electrons. The summed E-state index contributed by atoms with van der Waals surface area (Å²) in [5.41, 5.74) is 1.06. The molecule has 3 nitrogen and oxygen atoms in total. The van der Waals surface area contributed by atoms with Crippen LogP contribution in [0.15, 0.2) is 24.3 Å². The van der Waals surface area contributed by atoms with Crippen molar-refractivity contribution in [2.45, 2.75) is 20.3 Å². The quantitative estimate of drug-likeness (QED) is 0.840. The molecular formula is C17H24ClN2O+. The van der Waals surface area contributed by atoms with Crippen LogP contribution in [0, 0.1) is 10.8 Å². The second-order valence-electron chi connectivity index (χ2n) is 7.75. The van der Waals surface area contributed by atoms with E-state index in [9.17, 15) is 4.79 Å². The molecule has 1 unspecified atom stereocenters. The van der Waals surface area contributed by atoms with Gasteiger partial charge in [-0.2, -0.15) is 0 Å². The number of likely N-dealkylation sites (tertiary alicyclic amines) is 2. The van der Waals surface area contributed by atoms with Crippen LogP contribution >= 0.6 is 11.6 Å². The molecule has 0 radical (unpaired) electrons. The van der Waals surface area contributed by atoms with Gasteiger partial charge < -0.3 is 9.80 Å². The molecule has 0 aliphatic carbocycles. The van der Waals surface area contributed by atoms with Gasteiger partial charge >= 0.3 is 0 Å². The van der Waals surface area contributed by atoms with Gasteiger partial charge in [-0.3, -0.25) is 4.79 Å². The van der Waals surface area contributed by atoms with Crippen molar-refractivity contribution in [3.05, 3.63) is 34.9 Å². The monoisotopic (exact) mass is 307 g/mol. The lowest BCUT2D eigenvalue weighted by Crippen LogP contribution is -3.14. The molecule has 0 aromatic heterocycles. The van der Waals surface area contributed by atoms with E-state index in [-0.39, 0.29) is 16.7 Å². The number of quaternary nitrogens is 1. The zero-order valence-electron chi connectivity index (χ0n) is 13.1. The number of rotatable bonds is 1. The Hall–Kier alpha value is -1.06. The molecule has 2 fully saturated rings. The predicted octanol–water partition coefficient (Wildman–Crippen LogP) is 1.73. The van der Waals surface area contributed by atoms with Crippen molar-refractivity contribution in [1.82, 2.24) is 4.90 Å². The van der Waals surface area contributed by atoms with Crippen LogP contribution < -0.4 is 4.90 Å². The summed E-state index contributed by atoms with van der Waals surface area (Å²) < 4.78 is 0. The molecule has 0 spiro atoms. The fourth-order valence-corrected chi connectivity index (χ4v) is 5.04. The zero-order chi connectivity index (χ0) is 15.3. The van der Waals surface area contributed by atoms with Crippen molar-refractivity contribution in [3.8, 4) is 0 Å². The molecule has 1 aromatic rings. The van der Waals surface area contributed by atoms with Gasteiger partial charge in [0.05, 0.1) is 30.7 Å². The zero-order valence-corrected chi connectivity index (χ0v) is 13.8. The van der Waals surface area contributed by atoms with Crippen LogP contribution in [0.2, 0.25) is 5.02 Å². The molecule has 2 bridgehead atoms. The fourth-order valence-electron chi connectivity index (χ4n) is 4.82. The number of carbonyl (C=O) groups excluding carboxylic acids is 1. The smallest absolute Gasteiger partial charge is 0.255 e. The fraction of sp³-hybridized carbons (Fsp3) is 0.588. The van der Waals surface area contributed by atoms with Crippen molar-refractivity contribution >= 4 is 17.5 Å². The summed E-state index contributed by atoms with van der Waals surface area (Å²) in [5, 5.41) is 0.552. The van der Waals surface area contributed by atoms with Gasteiger partial charge in [0.1, 0.15) is 0 Å². The van der Waals surface area contributed by atoms with Gasteiger partial charge in [0.2, 0.25) is 0 Å². The van der Waals surface area contributed by atoms with Crippen LogP contribution in [0.25, 0.3) is 0 Å². The van der Waals surface area contributed by atoms with E-state index in [4.69, 9.17) is 11.6 Å². The van der Waals surface area contributed by atoms with Crippen LogP contribution in [-0.4, -0.2) is 44.0 Å². The number of nitrogens with one attached hydrogen (secondary N) is 1. The molecule has 2 heterocycles. The molecule has 3 rings (SSSR count). The van der Waals surface area contributed by atoms with Gasteiger partial charge in [-0.15, -0.1) is 0 Å². The van der Waals surface area contributed by atoms with Gasteiger partial charge in [-0.1, -0.05) is 37.6 Å². The second-order valence-corrected chi connectivity index (χ2v) is 8.16. The lowest BCUT2D eigenvalue weighted by molar-refractivity contribution is -0.902. The van der Waals surface area contributed by atoms with E-state index >= 15 is 0 Å². The lowest BCUT2D eigenvalue weighted by Gasteiger charge is -2.54. The number of hydrogen-bond donors (Lipinski definition) is 1. The summed E-state index contributed by atoms with van der Waals surface area (Å²) in [5.74, 6) is 0.0808. The van der Waals surface area contributed by atoms with Crippen molar-refractivity contribution in [2.75, 3.05) is 33.2 Å². The lowest BCUT2D eigenvalue weighted by atomic mass is 9.65. The van der Waals surface area contributed by atoms with Gasteiger partial charge in [-0.25, -0.2) is 0 Å². The van der Waals surface area contributed by atoms with E-state index in [0.717, 1.165) is 26.2 Å². The Bertz CT molecular complexity index is 556. The summed E-state index contributed by atoms with van der Waals surface area (Å²) in [4.78, 5) is 16.5. The molecular weight excluding hydrogens is 284 g/mol. The Balaban J connectivity index is 1.88. The first-order valence-electron chi connectivity index (χ1n) is 7.65. The Morgan fingerprint density at radius 1 is 1.19 bits per heavy atom. The third kappa shape index (κ3) is 2.82. The van der Waals surface area contributed by atoms with Crippen molar-refractivity contribution < 1.29 is 9.69 Å². The third-order valence-corrected chi connectivity index (χ3v) is 5.18. The maximum Gasteiger partial charge on any atom is 0.255 e. The summed E-state index contributed by atoms with van der Waals surface area (Å²) >= 11 is 6.20.